The molecule has 124 valence electrons. The van der Waals surface area contributed by atoms with Crippen molar-refractivity contribution in [3.05, 3.63) is 41.8 Å². The van der Waals surface area contributed by atoms with Crippen LogP contribution >= 0.6 is 12.4 Å². The molecule has 0 aliphatic carbocycles. The minimum Gasteiger partial charge on any atom is -0.348 e. The molecule has 1 fully saturated rings. The largest absolute Gasteiger partial charge is 0.348 e. The second kappa shape index (κ2) is 7.57. The number of halogens is 2. The van der Waals surface area contributed by atoms with Crippen molar-refractivity contribution in [2.75, 3.05) is 6.54 Å². The molecule has 0 bridgehead atoms. The minimum atomic E-state index is -0.309. The number of aromatic nitrogens is 2. The van der Waals surface area contributed by atoms with Gasteiger partial charge < -0.3 is 10.6 Å². The number of carbonyl (C=O) groups is 1. The van der Waals surface area contributed by atoms with Gasteiger partial charge in [0, 0.05) is 17.6 Å². The quantitative estimate of drug-likeness (QED) is 0.805. The standard InChI is InChI=1S/C16H19FN4O.ClH/c1-10-14(3-2-8-18-10)20-16(22)13-9-19-21-15(13)11-4-6-12(17)7-5-11;/h4-7,9-10,14,18H,2-3,8H2,1H3,(H,19,21)(H,20,22);1H. The van der Waals surface area contributed by atoms with E-state index in [0.717, 1.165) is 24.9 Å². The van der Waals surface area contributed by atoms with Gasteiger partial charge in [0.25, 0.3) is 5.91 Å². The molecule has 5 nitrogen and oxygen atoms in total. The van der Waals surface area contributed by atoms with E-state index >= 15 is 0 Å². The van der Waals surface area contributed by atoms with Gasteiger partial charge >= 0.3 is 0 Å². The summed E-state index contributed by atoms with van der Waals surface area (Å²) in [5, 5.41) is 13.2. The van der Waals surface area contributed by atoms with E-state index in [4.69, 9.17) is 0 Å². The van der Waals surface area contributed by atoms with Crippen LogP contribution in [0, 0.1) is 5.82 Å². The van der Waals surface area contributed by atoms with Crippen molar-refractivity contribution < 1.29 is 9.18 Å². The number of aromatic amines is 1. The van der Waals surface area contributed by atoms with Gasteiger partial charge in [0.15, 0.2) is 0 Å². The maximum Gasteiger partial charge on any atom is 0.255 e. The van der Waals surface area contributed by atoms with Gasteiger partial charge in [-0.3, -0.25) is 9.89 Å². The van der Waals surface area contributed by atoms with Crippen LogP contribution in [0.5, 0.6) is 0 Å². The molecule has 7 heteroatoms. The van der Waals surface area contributed by atoms with Gasteiger partial charge in [-0.05, 0) is 50.6 Å². The van der Waals surface area contributed by atoms with E-state index in [0.29, 0.717) is 11.3 Å². The maximum atomic E-state index is 13.0. The average Bonchev–Trinajstić information content (AvgIpc) is 3.00. The summed E-state index contributed by atoms with van der Waals surface area (Å²) < 4.78 is 13.0. The number of benzene rings is 1. The van der Waals surface area contributed by atoms with Crippen LogP contribution in [0.15, 0.2) is 30.5 Å². The Hall–Kier alpha value is -1.92. The van der Waals surface area contributed by atoms with Gasteiger partial charge in [-0.15, -0.1) is 12.4 Å². The maximum absolute atomic E-state index is 13.0. The summed E-state index contributed by atoms with van der Waals surface area (Å²) in [5.41, 5.74) is 1.82. The van der Waals surface area contributed by atoms with Crippen LogP contribution in [0.4, 0.5) is 4.39 Å². The lowest BCUT2D eigenvalue weighted by Crippen LogP contribution is -2.51. The molecule has 3 rings (SSSR count). The molecule has 3 N–H and O–H groups in total. The average molecular weight is 339 g/mol. The highest BCUT2D eigenvalue weighted by molar-refractivity contribution is 5.99. The molecular formula is C16H20ClFN4O. The molecule has 1 aliphatic heterocycles. The van der Waals surface area contributed by atoms with Crippen molar-refractivity contribution in [1.29, 1.82) is 0 Å². The summed E-state index contributed by atoms with van der Waals surface area (Å²) >= 11 is 0. The number of piperidine rings is 1. The Morgan fingerprint density at radius 2 is 2.09 bits per heavy atom. The number of H-pyrrole nitrogens is 1. The van der Waals surface area contributed by atoms with E-state index in [1.165, 1.54) is 18.3 Å². The molecule has 1 amide bonds. The summed E-state index contributed by atoms with van der Waals surface area (Å²) in [4.78, 5) is 12.5. The Balaban J connectivity index is 0.00000192. The van der Waals surface area contributed by atoms with Crippen LogP contribution in [-0.2, 0) is 0 Å². The summed E-state index contributed by atoms with van der Waals surface area (Å²) in [6.07, 6.45) is 3.52. The zero-order valence-electron chi connectivity index (χ0n) is 12.8. The van der Waals surface area contributed by atoms with Crippen molar-refractivity contribution in [2.45, 2.75) is 31.8 Å². The lowest BCUT2D eigenvalue weighted by Gasteiger charge is -2.30. The molecule has 2 aromatic rings. The van der Waals surface area contributed by atoms with Crippen LogP contribution in [-0.4, -0.2) is 34.7 Å². The van der Waals surface area contributed by atoms with Crippen molar-refractivity contribution in [2.24, 2.45) is 0 Å². The monoisotopic (exact) mass is 338 g/mol. The lowest BCUT2D eigenvalue weighted by atomic mass is 9.99. The highest BCUT2D eigenvalue weighted by atomic mass is 35.5. The van der Waals surface area contributed by atoms with E-state index in [2.05, 4.69) is 27.8 Å². The Bertz CT molecular complexity index is 658. The molecule has 23 heavy (non-hydrogen) atoms. The molecular weight excluding hydrogens is 319 g/mol. The van der Waals surface area contributed by atoms with Crippen molar-refractivity contribution in [3.63, 3.8) is 0 Å². The molecule has 0 spiro atoms. The van der Waals surface area contributed by atoms with Gasteiger partial charge in [-0.1, -0.05) is 0 Å². The topological polar surface area (TPSA) is 69.8 Å². The molecule has 0 radical (unpaired) electrons. The van der Waals surface area contributed by atoms with E-state index in [1.54, 1.807) is 12.1 Å². The summed E-state index contributed by atoms with van der Waals surface area (Å²) in [7, 11) is 0. The zero-order valence-corrected chi connectivity index (χ0v) is 13.6. The van der Waals surface area contributed by atoms with Crippen molar-refractivity contribution in [3.8, 4) is 11.3 Å². The third-order valence-corrected chi connectivity index (χ3v) is 4.10. The normalized spacial score (nSPS) is 20.6. The van der Waals surface area contributed by atoms with Gasteiger partial charge in [-0.25, -0.2) is 4.39 Å². The number of carbonyl (C=O) groups excluding carboxylic acids is 1. The number of nitrogens with one attached hydrogen (secondary N) is 3. The van der Waals surface area contributed by atoms with Gasteiger partial charge in [0.1, 0.15) is 5.82 Å². The number of amides is 1. The zero-order chi connectivity index (χ0) is 15.5. The van der Waals surface area contributed by atoms with Crippen molar-refractivity contribution >= 4 is 18.3 Å². The fourth-order valence-corrected chi connectivity index (χ4v) is 2.78. The molecule has 2 unspecified atom stereocenters. The van der Waals surface area contributed by atoms with Crippen LogP contribution in [0.1, 0.15) is 30.1 Å². The molecule has 1 saturated heterocycles. The van der Waals surface area contributed by atoms with E-state index in [1.807, 2.05) is 0 Å². The Kier molecular flexibility index (Phi) is 5.74. The van der Waals surface area contributed by atoms with Gasteiger partial charge in [0.2, 0.25) is 0 Å². The van der Waals surface area contributed by atoms with E-state index in [-0.39, 0.29) is 36.2 Å². The molecule has 2 heterocycles. The number of nitrogens with zero attached hydrogens (tertiary/aromatic N) is 1. The third-order valence-electron chi connectivity index (χ3n) is 4.10. The first kappa shape index (κ1) is 17.4. The molecule has 1 aliphatic rings. The first-order valence-corrected chi connectivity index (χ1v) is 7.48. The van der Waals surface area contributed by atoms with E-state index in [9.17, 15) is 9.18 Å². The second-order valence-corrected chi connectivity index (χ2v) is 5.63. The van der Waals surface area contributed by atoms with Crippen molar-refractivity contribution in [1.82, 2.24) is 20.8 Å². The predicted octanol–water partition coefficient (Wildman–Crippen LogP) is 2.51. The Labute approximate surface area is 140 Å². The fourth-order valence-electron chi connectivity index (χ4n) is 2.78. The highest BCUT2D eigenvalue weighted by Crippen LogP contribution is 2.21. The van der Waals surface area contributed by atoms with Crippen LogP contribution in [0.3, 0.4) is 0 Å². The summed E-state index contributed by atoms with van der Waals surface area (Å²) in [6.45, 7) is 3.06. The second-order valence-electron chi connectivity index (χ2n) is 5.63. The van der Waals surface area contributed by atoms with Crippen LogP contribution in [0.2, 0.25) is 0 Å². The van der Waals surface area contributed by atoms with Gasteiger partial charge in [-0.2, -0.15) is 5.10 Å². The van der Waals surface area contributed by atoms with Gasteiger partial charge in [0.05, 0.1) is 17.5 Å². The number of hydrogen-bond acceptors (Lipinski definition) is 3. The fraction of sp³-hybridized carbons (Fsp3) is 0.375. The lowest BCUT2D eigenvalue weighted by molar-refractivity contribution is 0.0920. The highest BCUT2D eigenvalue weighted by Gasteiger charge is 2.24. The summed E-state index contributed by atoms with van der Waals surface area (Å²) in [5.74, 6) is -0.468. The smallest absolute Gasteiger partial charge is 0.255 e. The number of hydrogen-bond donors (Lipinski definition) is 3. The first-order valence-electron chi connectivity index (χ1n) is 7.48. The Morgan fingerprint density at radius 1 is 1.35 bits per heavy atom. The SMILES string of the molecule is CC1NCCCC1NC(=O)c1cn[nH]c1-c1ccc(F)cc1.Cl. The predicted molar refractivity (Wildman–Crippen MR) is 89.2 cm³/mol. The van der Waals surface area contributed by atoms with Crippen LogP contribution in [0.25, 0.3) is 11.3 Å². The molecule has 1 aromatic heterocycles. The number of rotatable bonds is 3. The Morgan fingerprint density at radius 3 is 2.78 bits per heavy atom. The molecule has 2 atom stereocenters. The third kappa shape index (κ3) is 3.89. The van der Waals surface area contributed by atoms with E-state index < -0.39 is 0 Å². The summed E-state index contributed by atoms with van der Waals surface area (Å²) in [6, 6.07) is 6.35. The molecule has 0 saturated carbocycles. The van der Waals surface area contributed by atoms with Crippen LogP contribution < -0.4 is 10.6 Å². The minimum absolute atomic E-state index is 0. The molecule has 1 aromatic carbocycles. The first-order chi connectivity index (χ1) is 10.6.